The molecular formula is C24H24N4O2. The van der Waals surface area contributed by atoms with E-state index in [0.29, 0.717) is 11.5 Å². The maximum absolute atomic E-state index is 11.7. The summed E-state index contributed by atoms with van der Waals surface area (Å²) < 4.78 is 8.39. The number of aromatic nitrogens is 2. The van der Waals surface area contributed by atoms with Gasteiger partial charge in [-0.15, -0.1) is 0 Å². The number of ether oxygens (including phenoxy) is 1. The fraction of sp³-hybridized carbons (Fsp3) is 0.167. The first kappa shape index (κ1) is 19.5. The maximum Gasteiger partial charge on any atom is 0.247 e. The van der Waals surface area contributed by atoms with Gasteiger partial charge in [0.1, 0.15) is 17.7 Å². The first-order valence-electron chi connectivity index (χ1n) is 9.80. The van der Waals surface area contributed by atoms with Gasteiger partial charge < -0.3 is 19.9 Å². The number of amides is 1. The van der Waals surface area contributed by atoms with Crippen LogP contribution in [0.15, 0.2) is 61.3 Å². The Morgan fingerprint density at radius 1 is 1.27 bits per heavy atom. The zero-order valence-corrected chi connectivity index (χ0v) is 17.1. The van der Waals surface area contributed by atoms with Crippen molar-refractivity contribution in [2.75, 3.05) is 10.6 Å². The van der Waals surface area contributed by atoms with Gasteiger partial charge in [0, 0.05) is 36.8 Å². The predicted octanol–water partition coefficient (Wildman–Crippen LogP) is 3.01. The number of rotatable bonds is 6. The summed E-state index contributed by atoms with van der Waals surface area (Å²) in [5.74, 6) is 1.09. The molecule has 1 aliphatic carbocycles. The Hall–Kier alpha value is -3.80. The molecule has 1 aliphatic rings. The van der Waals surface area contributed by atoms with Gasteiger partial charge in [0.2, 0.25) is 5.91 Å². The van der Waals surface area contributed by atoms with E-state index in [4.69, 9.17) is 4.74 Å². The fourth-order valence-corrected chi connectivity index (χ4v) is 3.50. The minimum Gasteiger partial charge on any atom is -0.486 e. The quantitative estimate of drug-likeness (QED) is 0.624. The van der Waals surface area contributed by atoms with E-state index in [2.05, 4.69) is 59.0 Å². The van der Waals surface area contributed by atoms with Gasteiger partial charge in [-0.1, -0.05) is 24.8 Å². The summed E-state index contributed by atoms with van der Waals surface area (Å²) in [5, 5.41) is 8.47. The summed E-state index contributed by atoms with van der Waals surface area (Å²) in [6, 6.07) is 13.3. The van der Waals surface area contributed by atoms with Gasteiger partial charge in [-0.05, 0) is 48.6 Å². The number of nitrogens with one attached hydrogen (secondary N) is 2. The summed E-state index contributed by atoms with van der Waals surface area (Å²) in [7, 11) is 2.08. The lowest BCUT2D eigenvalue weighted by molar-refractivity contribution is -0.111. The second kappa shape index (κ2) is 8.29. The molecule has 3 aromatic rings. The molecule has 6 heteroatoms. The van der Waals surface area contributed by atoms with Crippen LogP contribution in [0.3, 0.4) is 0 Å². The summed E-state index contributed by atoms with van der Waals surface area (Å²) >= 11 is 0. The predicted molar refractivity (Wildman–Crippen MR) is 120 cm³/mol. The molecule has 0 saturated heterocycles. The molecule has 2 N–H and O–H groups in total. The molecule has 0 saturated carbocycles. The molecule has 30 heavy (non-hydrogen) atoms. The molecule has 1 atom stereocenters. The number of anilines is 3. The van der Waals surface area contributed by atoms with Crippen molar-refractivity contribution < 1.29 is 9.53 Å². The van der Waals surface area contributed by atoms with E-state index in [1.807, 2.05) is 36.4 Å². The maximum atomic E-state index is 11.7. The minimum atomic E-state index is -0.270. The van der Waals surface area contributed by atoms with Crippen LogP contribution < -0.4 is 25.9 Å². The molecule has 1 aromatic carbocycles. The molecule has 0 spiro atoms. The molecule has 0 bridgehead atoms. The summed E-state index contributed by atoms with van der Waals surface area (Å²) in [6.07, 6.45) is 8.09. The van der Waals surface area contributed by atoms with Crippen molar-refractivity contribution in [1.82, 2.24) is 9.55 Å². The topological polar surface area (TPSA) is 68.2 Å². The number of benzene rings is 1. The first-order valence-corrected chi connectivity index (χ1v) is 9.80. The second-order valence-corrected chi connectivity index (χ2v) is 7.19. The number of carbonyl (C=O) groups excluding carboxylic acids is 1. The van der Waals surface area contributed by atoms with Crippen LogP contribution in [0.1, 0.15) is 12.1 Å². The number of pyridine rings is 1. The van der Waals surface area contributed by atoms with Crippen LogP contribution in [0.5, 0.6) is 5.75 Å². The van der Waals surface area contributed by atoms with Crippen LogP contribution in [0.25, 0.3) is 12.2 Å². The molecular weight excluding hydrogens is 376 g/mol. The largest absolute Gasteiger partial charge is 0.486 e. The van der Waals surface area contributed by atoms with Gasteiger partial charge in [-0.25, -0.2) is 4.98 Å². The van der Waals surface area contributed by atoms with Crippen molar-refractivity contribution in [2.24, 2.45) is 7.05 Å². The van der Waals surface area contributed by atoms with Gasteiger partial charge in [0.25, 0.3) is 0 Å². The zero-order chi connectivity index (χ0) is 21.1. The third kappa shape index (κ3) is 4.12. The minimum absolute atomic E-state index is 0.0336. The van der Waals surface area contributed by atoms with E-state index in [0.717, 1.165) is 17.9 Å². The van der Waals surface area contributed by atoms with Crippen molar-refractivity contribution in [3.8, 4) is 5.75 Å². The number of hydrogen-bond acceptors (Lipinski definition) is 4. The van der Waals surface area contributed by atoms with Gasteiger partial charge >= 0.3 is 0 Å². The van der Waals surface area contributed by atoms with Crippen LogP contribution in [0.2, 0.25) is 0 Å². The molecule has 0 radical (unpaired) electrons. The summed E-state index contributed by atoms with van der Waals surface area (Å²) in [6.45, 7) is 5.59. The van der Waals surface area contributed by atoms with Crippen LogP contribution in [-0.4, -0.2) is 21.6 Å². The Kier molecular flexibility index (Phi) is 5.39. The smallest absolute Gasteiger partial charge is 0.247 e. The Bertz CT molecular complexity index is 1230. The van der Waals surface area contributed by atoms with Crippen LogP contribution in [-0.2, 0) is 11.8 Å². The van der Waals surface area contributed by atoms with Gasteiger partial charge in [0.15, 0.2) is 0 Å². The van der Waals surface area contributed by atoms with E-state index in [9.17, 15) is 4.79 Å². The highest BCUT2D eigenvalue weighted by atomic mass is 16.5. The highest BCUT2D eigenvalue weighted by molar-refractivity contribution is 6.01. The van der Waals surface area contributed by atoms with Crippen molar-refractivity contribution in [1.29, 1.82) is 0 Å². The normalized spacial score (nSPS) is 14.7. The Balaban J connectivity index is 1.52. The first-order chi connectivity index (χ1) is 14.5. The molecule has 1 unspecified atom stereocenters. The number of aryl methyl sites for hydroxylation is 1. The standard InChI is InChI=1S/C24H24N4O2/c1-4-24(29)27-21-8-6-5-7-20(21)26-23-15-19(11-12-25-23)30-18-9-10-22-17(14-18)13-16(2)28(22)3/h4-8,10-15,18H,1,9H2,2-3H3,(H,25,26)(H,27,29). The van der Waals surface area contributed by atoms with Crippen LogP contribution >= 0.6 is 0 Å². The van der Waals surface area contributed by atoms with Crippen molar-refractivity contribution in [2.45, 2.75) is 19.4 Å². The molecule has 1 amide bonds. The molecule has 152 valence electrons. The van der Waals surface area contributed by atoms with Crippen LogP contribution in [0, 0.1) is 6.92 Å². The zero-order valence-electron chi connectivity index (χ0n) is 17.1. The third-order valence-corrected chi connectivity index (χ3v) is 5.11. The molecule has 0 fully saturated rings. The molecule has 2 heterocycles. The number of fused-ring (bicyclic) bond motifs is 1. The summed E-state index contributed by atoms with van der Waals surface area (Å²) in [4.78, 5) is 16.0. The number of hydrogen-bond donors (Lipinski definition) is 2. The lowest BCUT2D eigenvalue weighted by Gasteiger charge is -2.17. The third-order valence-electron chi connectivity index (χ3n) is 5.11. The van der Waals surface area contributed by atoms with Crippen LogP contribution in [0.4, 0.5) is 17.2 Å². The van der Waals surface area contributed by atoms with Gasteiger partial charge in [0.05, 0.1) is 11.4 Å². The second-order valence-electron chi connectivity index (χ2n) is 7.19. The molecule has 6 nitrogen and oxygen atoms in total. The molecule has 0 aliphatic heterocycles. The highest BCUT2D eigenvalue weighted by Crippen LogP contribution is 2.26. The number of nitrogens with zero attached hydrogens (tertiary/aromatic N) is 2. The Labute approximate surface area is 175 Å². The average Bonchev–Trinajstić information content (AvgIpc) is 3.02. The average molecular weight is 400 g/mol. The highest BCUT2D eigenvalue weighted by Gasteiger charge is 2.13. The lowest BCUT2D eigenvalue weighted by atomic mass is 10.1. The monoisotopic (exact) mass is 400 g/mol. The number of carbonyl (C=O) groups is 1. The van der Waals surface area contributed by atoms with Gasteiger partial charge in [-0.3, -0.25) is 4.79 Å². The summed E-state index contributed by atoms with van der Waals surface area (Å²) in [5.41, 5.74) is 2.61. The van der Waals surface area contributed by atoms with Crippen molar-refractivity contribution in [3.05, 3.63) is 77.6 Å². The lowest BCUT2D eigenvalue weighted by Crippen LogP contribution is -2.34. The number of para-hydroxylation sites is 2. The van der Waals surface area contributed by atoms with Gasteiger partial charge in [-0.2, -0.15) is 0 Å². The molecule has 4 rings (SSSR count). The Morgan fingerprint density at radius 3 is 2.87 bits per heavy atom. The van der Waals surface area contributed by atoms with E-state index >= 15 is 0 Å². The van der Waals surface area contributed by atoms with E-state index in [1.165, 1.54) is 22.3 Å². The molecule has 2 aromatic heterocycles. The Morgan fingerprint density at radius 2 is 2.07 bits per heavy atom. The van der Waals surface area contributed by atoms with Crippen molar-refractivity contribution >= 4 is 35.3 Å². The van der Waals surface area contributed by atoms with E-state index in [1.54, 1.807) is 6.20 Å². The van der Waals surface area contributed by atoms with E-state index in [-0.39, 0.29) is 12.0 Å². The van der Waals surface area contributed by atoms with E-state index < -0.39 is 0 Å². The van der Waals surface area contributed by atoms with Crippen molar-refractivity contribution in [3.63, 3.8) is 0 Å². The fourth-order valence-electron chi connectivity index (χ4n) is 3.50. The SMILES string of the molecule is C=CC(=O)Nc1ccccc1Nc1cc(OC2C=c3cc(C)n(C)c3=CC2)ccn1.